The molecule has 0 aromatic heterocycles. The van der Waals surface area contributed by atoms with Gasteiger partial charge in [-0.2, -0.15) is 39.5 Å². The Morgan fingerprint density at radius 3 is 1.06 bits per heavy atom. The van der Waals surface area contributed by atoms with Gasteiger partial charge in [-0.05, 0) is 0 Å². The van der Waals surface area contributed by atoms with Gasteiger partial charge in [0.1, 0.15) is 0 Å². The highest BCUT2D eigenvalue weighted by Gasteiger charge is 2.87. The van der Waals surface area contributed by atoms with Gasteiger partial charge in [0.25, 0.3) is 0 Å². The minimum absolute atomic E-state index is 2.30. The van der Waals surface area contributed by atoms with Crippen LogP contribution in [0.25, 0.3) is 0 Å². The lowest BCUT2D eigenvalue weighted by molar-refractivity contribution is -0.443. The molecule has 0 heterocycles. The summed E-state index contributed by atoms with van der Waals surface area (Å²) in [5.41, 5.74) is -2.83. The van der Waals surface area contributed by atoms with Crippen LogP contribution >= 0.6 is 0 Å². The summed E-state index contributed by atoms with van der Waals surface area (Å²) >= 11 is 0. The SMILES string of the molecule is NC(=O)OC(C(F)(F)F)(C(F)(F)F)C(F)(F)F. The van der Waals surface area contributed by atoms with Gasteiger partial charge in [0.15, 0.2) is 0 Å². The van der Waals surface area contributed by atoms with Crippen molar-refractivity contribution in [1.29, 1.82) is 0 Å². The van der Waals surface area contributed by atoms with Crippen LogP contribution in [-0.2, 0) is 4.74 Å². The third kappa shape index (κ3) is 2.49. The van der Waals surface area contributed by atoms with Gasteiger partial charge in [-0.3, -0.25) is 0 Å². The summed E-state index contributed by atoms with van der Waals surface area (Å²) in [7, 11) is 0. The van der Waals surface area contributed by atoms with E-state index < -0.39 is 30.2 Å². The van der Waals surface area contributed by atoms with Crippen LogP contribution in [0.5, 0.6) is 0 Å². The van der Waals surface area contributed by atoms with Crippen molar-refractivity contribution < 1.29 is 49.0 Å². The molecule has 102 valence electrons. The zero-order valence-electron chi connectivity index (χ0n) is 7.30. The van der Waals surface area contributed by atoms with Gasteiger partial charge in [0.2, 0.25) is 0 Å². The second-order valence-corrected chi connectivity index (χ2v) is 2.60. The van der Waals surface area contributed by atoms with Crippen molar-refractivity contribution in [2.24, 2.45) is 5.73 Å². The molecule has 0 radical (unpaired) electrons. The lowest BCUT2D eigenvalue weighted by atomic mass is 10.0. The number of carbonyl (C=O) groups is 1. The maximum Gasteiger partial charge on any atom is 0.447 e. The Labute approximate surface area is 86.3 Å². The number of carbonyl (C=O) groups excluding carboxylic acids is 1. The van der Waals surface area contributed by atoms with Gasteiger partial charge in [0, 0.05) is 0 Å². The highest BCUT2D eigenvalue weighted by Crippen LogP contribution is 2.54. The monoisotopic (exact) mass is 279 g/mol. The average molecular weight is 279 g/mol. The minimum Gasteiger partial charge on any atom is -0.415 e. The van der Waals surface area contributed by atoms with E-state index in [2.05, 4.69) is 10.5 Å². The molecule has 0 saturated heterocycles. The molecule has 1 amide bonds. The number of hydrogen-bond donors (Lipinski definition) is 1. The Hall–Kier alpha value is -1.36. The minimum atomic E-state index is -6.96. The summed E-state index contributed by atoms with van der Waals surface area (Å²) in [4.78, 5) is 9.85. The Morgan fingerprint density at radius 2 is 1.00 bits per heavy atom. The van der Waals surface area contributed by atoms with Gasteiger partial charge in [-0.1, -0.05) is 0 Å². The van der Waals surface area contributed by atoms with E-state index in [0.29, 0.717) is 0 Å². The first-order chi connectivity index (χ1) is 7.17. The maximum atomic E-state index is 12.0. The van der Waals surface area contributed by atoms with Crippen LogP contribution in [0.1, 0.15) is 0 Å². The number of alkyl halides is 9. The van der Waals surface area contributed by atoms with Crippen molar-refractivity contribution in [3.05, 3.63) is 0 Å². The Kier molecular flexibility index (Phi) is 3.53. The van der Waals surface area contributed by atoms with Gasteiger partial charge in [-0.25, -0.2) is 4.79 Å². The lowest BCUT2D eigenvalue weighted by Gasteiger charge is -2.36. The Morgan fingerprint density at radius 1 is 0.765 bits per heavy atom. The van der Waals surface area contributed by atoms with Gasteiger partial charge in [0.05, 0.1) is 0 Å². The molecule has 0 spiro atoms. The van der Waals surface area contributed by atoms with Crippen molar-refractivity contribution in [3.8, 4) is 0 Å². The quantitative estimate of drug-likeness (QED) is 0.750. The van der Waals surface area contributed by atoms with E-state index in [0.717, 1.165) is 0 Å². The van der Waals surface area contributed by atoms with Crippen LogP contribution in [0.15, 0.2) is 0 Å². The highest BCUT2D eigenvalue weighted by molar-refractivity contribution is 5.65. The largest absolute Gasteiger partial charge is 0.447 e. The number of primary amides is 1. The van der Waals surface area contributed by atoms with Crippen LogP contribution in [0.3, 0.4) is 0 Å². The molecule has 0 aliphatic heterocycles. The molecule has 0 rings (SSSR count). The van der Waals surface area contributed by atoms with E-state index in [1.54, 1.807) is 0 Å². The van der Waals surface area contributed by atoms with Gasteiger partial charge in [-0.15, -0.1) is 0 Å². The fraction of sp³-hybridized carbons (Fsp3) is 0.800. The molecular formula is C5H2F9NO2. The summed E-state index contributed by atoms with van der Waals surface area (Å²) < 4.78 is 110. The molecule has 0 aliphatic carbocycles. The molecule has 12 heteroatoms. The van der Waals surface area contributed by atoms with E-state index in [4.69, 9.17) is 0 Å². The summed E-state index contributed by atoms with van der Waals surface area (Å²) in [5.74, 6) is 0. The Balaban J connectivity index is 6.02. The van der Waals surface area contributed by atoms with Crippen LogP contribution in [0.2, 0.25) is 0 Å². The molecule has 0 aromatic carbocycles. The molecular weight excluding hydrogens is 277 g/mol. The molecule has 0 fully saturated rings. The first kappa shape index (κ1) is 15.6. The number of rotatable bonds is 1. The topological polar surface area (TPSA) is 52.3 Å². The second kappa shape index (κ2) is 3.84. The number of nitrogens with two attached hydrogens (primary N) is 1. The molecule has 0 aliphatic rings. The van der Waals surface area contributed by atoms with E-state index in [9.17, 15) is 44.3 Å². The van der Waals surface area contributed by atoms with E-state index >= 15 is 0 Å². The number of halogens is 9. The molecule has 3 nitrogen and oxygen atoms in total. The zero-order valence-corrected chi connectivity index (χ0v) is 7.30. The van der Waals surface area contributed by atoms with Crippen LogP contribution in [0.4, 0.5) is 44.3 Å². The zero-order chi connectivity index (χ0) is 14.3. The highest BCUT2D eigenvalue weighted by atomic mass is 19.4. The van der Waals surface area contributed by atoms with E-state index in [1.165, 1.54) is 0 Å². The third-order valence-corrected chi connectivity index (χ3v) is 1.45. The number of amides is 1. The number of ether oxygens (including phenoxy) is 1. The normalized spacial score (nSPS) is 14.6. The summed E-state index contributed by atoms with van der Waals surface area (Å²) in [6.07, 6.45) is -23.7. The molecule has 0 bridgehead atoms. The Bertz CT molecular complexity index is 264. The summed E-state index contributed by atoms with van der Waals surface area (Å²) in [5, 5.41) is 0. The molecule has 0 aromatic rings. The van der Waals surface area contributed by atoms with Crippen molar-refractivity contribution >= 4 is 6.09 Å². The lowest BCUT2D eigenvalue weighted by Crippen LogP contribution is -2.68. The fourth-order valence-corrected chi connectivity index (χ4v) is 0.807. The van der Waals surface area contributed by atoms with Gasteiger partial charge < -0.3 is 10.5 Å². The van der Waals surface area contributed by atoms with Crippen LogP contribution in [-0.4, -0.2) is 30.2 Å². The predicted octanol–water partition coefficient (Wildman–Crippen LogP) is 2.51. The van der Waals surface area contributed by atoms with Crippen molar-refractivity contribution in [1.82, 2.24) is 0 Å². The standard InChI is InChI=1S/C5H2F9NO2/c6-3(7,8)2(4(9,10)11,5(12,13)14)17-1(15)16/h(H2,15,16). The first-order valence-electron chi connectivity index (χ1n) is 3.35. The van der Waals surface area contributed by atoms with Gasteiger partial charge >= 0.3 is 30.2 Å². The molecule has 2 N–H and O–H groups in total. The first-order valence-corrected chi connectivity index (χ1v) is 3.35. The van der Waals surface area contributed by atoms with Crippen molar-refractivity contribution in [3.63, 3.8) is 0 Å². The van der Waals surface area contributed by atoms with Crippen LogP contribution in [0, 0.1) is 0 Å². The second-order valence-electron chi connectivity index (χ2n) is 2.60. The molecule has 0 atom stereocenters. The predicted molar refractivity (Wildman–Crippen MR) is 31.6 cm³/mol. The van der Waals surface area contributed by atoms with Crippen molar-refractivity contribution in [2.75, 3.05) is 0 Å². The third-order valence-electron chi connectivity index (χ3n) is 1.45. The smallest absolute Gasteiger partial charge is 0.415 e. The summed E-state index contributed by atoms with van der Waals surface area (Å²) in [6.45, 7) is 0. The van der Waals surface area contributed by atoms with Crippen molar-refractivity contribution in [2.45, 2.75) is 24.1 Å². The fourth-order valence-electron chi connectivity index (χ4n) is 0.807. The molecule has 17 heavy (non-hydrogen) atoms. The molecule has 0 unspecified atom stereocenters. The molecule has 0 saturated carbocycles. The van der Waals surface area contributed by atoms with Crippen LogP contribution < -0.4 is 5.73 Å². The maximum absolute atomic E-state index is 12.0. The summed E-state index contributed by atoms with van der Waals surface area (Å²) in [6, 6.07) is 0. The number of hydrogen-bond acceptors (Lipinski definition) is 2. The average Bonchev–Trinajstić information content (AvgIpc) is 1.91. The van der Waals surface area contributed by atoms with E-state index in [-0.39, 0.29) is 0 Å². The van der Waals surface area contributed by atoms with E-state index in [1.807, 2.05) is 0 Å².